The van der Waals surface area contributed by atoms with E-state index in [1.807, 2.05) is 18.2 Å². The molecule has 1 saturated heterocycles. The quantitative estimate of drug-likeness (QED) is 0.620. The van der Waals surface area contributed by atoms with Gasteiger partial charge in [-0.15, -0.1) is 0 Å². The Kier molecular flexibility index (Phi) is 4.55. The molecular formula is C16H19ClINO. The second kappa shape index (κ2) is 6.22. The van der Waals surface area contributed by atoms with Crippen molar-refractivity contribution in [1.29, 1.82) is 0 Å². The first kappa shape index (κ1) is 14.6. The van der Waals surface area contributed by atoms with Crippen LogP contribution in [-0.2, 0) is 0 Å². The minimum absolute atomic E-state index is 0.167. The van der Waals surface area contributed by atoms with Crippen molar-refractivity contribution in [1.82, 2.24) is 4.90 Å². The van der Waals surface area contributed by atoms with Crippen LogP contribution >= 0.6 is 34.2 Å². The predicted molar refractivity (Wildman–Crippen MR) is 90.2 cm³/mol. The standard InChI is InChI=1S/C16H19ClINO/c17-13-10-12(7-8-14(13)18)16(20)19-9-3-5-11-4-1-2-6-15(11)19/h7-8,10-11,15H,1-6,9H2/t11-,15-/m1/s1. The number of piperidine rings is 1. The topological polar surface area (TPSA) is 20.3 Å². The molecule has 1 aromatic carbocycles. The maximum Gasteiger partial charge on any atom is 0.254 e. The molecule has 3 rings (SSSR count). The summed E-state index contributed by atoms with van der Waals surface area (Å²) in [6.45, 7) is 0.906. The Morgan fingerprint density at radius 3 is 2.75 bits per heavy atom. The van der Waals surface area contributed by atoms with Crippen LogP contribution < -0.4 is 0 Å². The van der Waals surface area contributed by atoms with Gasteiger partial charge in [0.2, 0.25) is 0 Å². The Labute approximate surface area is 139 Å². The largest absolute Gasteiger partial charge is 0.335 e. The molecule has 2 fully saturated rings. The van der Waals surface area contributed by atoms with Gasteiger partial charge in [0.1, 0.15) is 0 Å². The molecule has 0 radical (unpaired) electrons. The first-order chi connectivity index (χ1) is 9.66. The van der Waals surface area contributed by atoms with E-state index in [-0.39, 0.29) is 5.91 Å². The van der Waals surface area contributed by atoms with E-state index in [2.05, 4.69) is 27.5 Å². The highest BCUT2D eigenvalue weighted by atomic mass is 127. The summed E-state index contributed by atoms with van der Waals surface area (Å²) in [6, 6.07) is 6.11. The number of rotatable bonds is 1. The van der Waals surface area contributed by atoms with Crippen molar-refractivity contribution in [2.45, 2.75) is 44.6 Å². The van der Waals surface area contributed by atoms with Gasteiger partial charge in [-0.05, 0) is 72.4 Å². The molecule has 2 nitrogen and oxygen atoms in total. The van der Waals surface area contributed by atoms with Gasteiger partial charge in [0.05, 0.1) is 5.02 Å². The lowest BCUT2D eigenvalue weighted by Crippen LogP contribution is -2.49. The van der Waals surface area contributed by atoms with E-state index < -0.39 is 0 Å². The Hall–Kier alpha value is -0.290. The molecule has 1 amide bonds. The summed E-state index contributed by atoms with van der Waals surface area (Å²) >= 11 is 8.35. The summed E-state index contributed by atoms with van der Waals surface area (Å²) in [5.74, 6) is 0.890. The molecular weight excluding hydrogens is 385 g/mol. The molecule has 20 heavy (non-hydrogen) atoms. The summed E-state index contributed by atoms with van der Waals surface area (Å²) < 4.78 is 0.995. The lowest BCUT2D eigenvalue weighted by atomic mass is 9.78. The number of fused-ring (bicyclic) bond motifs is 1. The maximum absolute atomic E-state index is 12.8. The van der Waals surface area contributed by atoms with Gasteiger partial charge >= 0.3 is 0 Å². The van der Waals surface area contributed by atoms with E-state index in [0.29, 0.717) is 11.1 Å². The van der Waals surface area contributed by atoms with Crippen LogP contribution in [0.1, 0.15) is 48.9 Å². The van der Waals surface area contributed by atoms with E-state index in [1.54, 1.807) is 0 Å². The van der Waals surface area contributed by atoms with Crippen LogP contribution in [0.4, 0.5) is 0 Å². The van der Waals surface area contributed by atoms with Crippen molar-refractivity contribution in [2.75, 3.05) is 6.54 Å². The zero-order valence-corrected chi connectivity index (χ0v) is 14.4. The second-order valence-corrected chi connectivity index (χ2v) is 7.45. The smallest absolute Gasteiger partial charge is 0.254 e. The van der Waals surface area contributed by atoms with Gasteiger partial charge in [0.25, 0.3) is 5.91 Å². The van der Waals surface area contributed by atoms with E-state index in [0.717, 1.165) is 28.0 Å². The average Bonchev–Trinajstić information content (AvgIpc) is 2.49. The fourth-order valence-electron chi connectivity index (χ4n) is 3.67. The first-order valence-corrected chi connectivity index (χ1v) is 8.88. The molecule has 1 aliphatic carbocycles. The van der Waals surface area contributed by atoms with E-state index >= 15 is 0 Å². The average molecular weight is 404 g/mol. The first-order valence-electron chi connectivity index (χ1n) is 7.43. The van der Waals surface area contributed by atoms with Crippen molar-refractivity contribution in [3.8, 4) is 0 Å². The van der Waals surface area contributed by atoms with Crippen LogP contribution in [0.25, 0.3) is 0 Å². The lowest BCUT2D eigenvalue weighted by Gasteiger charge is -2.44. The third-order valence-corrected chi connectivity index (χ3v) is 6.24. The van der Waals surface area contributed by atoms with Crippen molar-refractivity contribution in [3.05, 3.63) is 32.4 Å². The van der Waals surface area contributed by atoms with Crippen LogP contribution in [0, 0.1) is 9.49 Å². The zero-order chi connectivity index (χ0) is 14.1. The number of halogens is 2. The lowest BCUT2D eigenvalue weighted by molar-refractivity contribution is 0.0390. The summed E-state index contributed by atoms with van der Waals surface area (Å²) in [5.41, 5.74) is 0.738. The fraction of sp³-hybridized carbons (Fsp3) is 0.562. The molecule has 0 bridgehead atoms. The van der Waals surface area contributed by atoms with Crippen LogP contribution in [0.3, 0.4) is 0 Å². The third kappa shape index (κ3) is 2.84. The Morgan fingerprint density at radius 2 is 1.95 bits per heavy atom. The maximum atomic E-state index is 12.8. The van der Waals surface area contributed by atoms with Gasteiger partial charge in [-0.3, -0.25) is 4.79 Å². The number of hydrogen-bond donors (Lipinski definition) is 0. The highest BCUT2D eigenvalue weighted by Crippen LogP contribution is 2.36. The molecule has 0 aromatic heterocycles. The molecule has 0 N–H and O–H groups in total. The van der Waals surface area contributed by atoms with Gasteiger partial charge in [-0.2, -0.15) is 0 Å². The second-order valence-electron chi connectivity index (χ2n) is 5.88. The van der Waals surface area contributed by atoms with Gasteiger partial charge in [0.15, 0.2) is 0 Å². The van der Waals surface area contributed by atoms with E-state index in [1.165, 1.54) is 32.1 Å². The normalized spacial score (nSPS) is 26.2. The SMILES string of the molecule is O=C(c1ccc(I)c(Cl)c1)N1CCC[C@H]2CCCC[C@H]21. The molecule has 0 unspecified atom stereocenters. The summed E-state index contributed by atoms with van der Waals surface area (Å²) in [5, 5.41) is 0.675. The molecule has 1 heterocycles. The minimum atomic E-state index is 0.167. The molecule has 2 atom stereocenters. The van der Waals surface area contributed by atoms with Crippen LogP contribution in [0.2, 0.25) is 5.02 Å². The Morgan fingerprint density at radius 1 is 1.20 bits per heavy atom. The van der Waals surface area contributed by atoms with Crippen LogP contribution in [0.15, 0.2) is 18.2 Å². The minimum Gasteiger partial charge on any atom is -0.335 e. The molecule has 1 saturated carbocycles. The molecule has 108 valence electrons. The number of amides is 1. The Balaban J connectivity index is 1.83. The number of likely N-dealkylation sites (tertiary alicyclic amines) is 1. The number of carbonyl (C=O) groups is 1. The molecule has 1 aromatic rings. The number of carbonyl (C=O) groups excluding carboxylic acids is 1. The monoisotopic (exact) mass is 403 g/mol. The number of nitrogens with zero attached hydrogens (tertiary/aromatic N) is 1. The third-order valence-electron chi connectivity index (χ3n) is 4.67. The summed E-state index contributed by atoms with van der Waals surface area (Å²) in [7, 11) is 0. The zero-order valence-electron chi connectivity index (χ0n) is 11.4. The van der Waals surface area contributed by atoms with Gasteiger partial charge in [0, 0.05) is 21.7 Å². The number of benzene rings is 1. The molecule has 1 aliphatic heterocycles. The van der Waals surface area contributed by atoms with Crippen molar-refractivity contribution in [2.24, 2.45) is 5.92 Å². The van der Waals surface area contributed by atoms with Gasteiger partial charge in [-0.25, -0.2) is 0 Å². The van der Waals surface area contributed by atoms with Crippen molar-refractivity contribution in [3.63, 3.8) is 0 Å². The van der Waals surface area contributed by atoms with E-state index in [9.17, 15) is 4.79 Å². The summed E-state index contributed by atoms with van der Waals surface area (Å²) in [6.07, 6.45) is 7.50. The van der Waals surface area contributed by atoms with Crippen LogP contribution in [-0.4, -0.2) is 23.4 Å². The highest BCUT2D eigenvalue weighted by Gasteiger charge is 2.35. The number of hydrogen-bond acceptors (Lipinski definition) is 1. The fourth-order valence-corrected chi connectivity index (χ4v) is 4.19. The predicted octanol–water partition coefficient (Wildman–Crippen LogP) is 4.74. The van der Waals surface area contributed by atoms with Crippen molar-refractivity contribution >= 4 is 40.1 Å². The highest BCUT2D eigenvalue weighted by molar-refractivity contribution is 14.1. The molecule has 2 aliphatic rings. The molecule has 0 spiro atoms. The van der Waals surface area contributed by atoms with Crippen molar-refractivity contribution < 1.29 is 4.79 Å². The summed E-state index contributed by atoms with van der Waals surface area (Å²) in [4.78, 5) is 14.9. The molecule has 4 heteroatoms. The van der Waals surface area contributed by atoms with Gasteiger partial charge < -0.3 is 4.90 Å². The van der Waals surface area contributed by atoms with E-state index in [4.69, 9.17) is 11.6 Å². The Bertz CT molecular complexity index is 517. The van der Waals surface area contributed by atoms with Crippen LogP contribution in [0.5, 0.6) is 0 Å². The van der Waals surface area contributed by atoms with Gasteiger partial charge in [-0.1, -0.05) is 24.4 Å².